The van der Waals surface area contributed by atoms with E-state index in [4.69, 9.17) is 5.11 Å². The molecule has 1 heterocycles. The number of aliphatic hydroxyl groups is 1. The highest BCUT2D eigenvalue weighted by atomic mass is 16.2. The van der Waals surface area contributed by atoms with Crippen LogP contribution >= 0.6 is 0 Å². The summed E-state index contributed by atoms with van der Waals surface area (Å²) < 4.78 is 0. The van der Waals surface area contributed by atoms with Crippen LogP contribution in [0.2, 0.25) is 0 Å². The molecule has 2 rings (SSSR count). The lowest BCUT2D eigenvalue weighted by Gasteiger charge is -2.31. The van der Waals surface area contributed by atoms with Crippen LogP contribution in [0.5, 0.6) is 0 Å². The molecule has 0 radical (unpaired) electrons. The maximum Gasteiger partial charge on any atom is 0.320 e. The zero-order chi connectivity index (χ0) is 15.1. The van der Waals surface area contributed by atoms with Gasteiger partial charge in [0, 0.05) is 32.2 Å². The molecule has 1 saturated heterocycles. The number of carbonyl (C=O) groups is 1. The fourth-order valence-corrected chi connectivity index (χ4v) is 2.56. The Morgan fingerprint density at radius 3 is 2.71 bits per heavy atom. The van der Waals surface area contributed by atoms with Crippen molar-refractivity contribution in [2.75, 3.05) is 26.7 Å². The zero-order valence-corrected chi connectivity index (χ0v) is 12.5. The molecule has 1 N–H and O–H groups in total. The minimum absolute atomic E-state index is 0.0830. The first-order valence-corrected chi connectivity index (χ1v) is 7.40. The molecular weight excluding hydrogens is 264 g/mol. The third-order valence-electron chi connectivity index (χ3n) is 3.68. The monoisotopic (exact) mass is 286 g/mol. The Morgan fingerprint density at radius 1 is 1.29 bits per heavy atom. The lowest BCUT2D eigenvalue weighted by molar-refractivity contribution is 0.151. The van der Waals surface area contributed by atoms with Crippen LogP contribution in [-0.4, -0.2) is 47.7 Å². The Labute approximate surface area is 126 Å². The zero-order valence-electron chi connectivity index (χ0n) is 12.5. The van der Waals surface area contributed by atoms with Crippen LogP contribution in [0.25, 0.3) is 0 Å². The molecule has 0 saturated carbocycles. The normalized spacial score (nSPS) is 14.3. The van der Waals surface area contributed by atoms with Gasteiger partial charge in [0.15, 0.2) is 0 Å². The van der Waals surface area contributed by atoms with Gasteiger partial charge in [0.25, 0.3) is 0 Å². The summed E-state index contributed by atoms with van der Waals surface area (Å²) in [4.78, 5) is 16.1. The molecule has 1 aliphatic rings. The van der Waals surface area contributed by atoms with E-state index in [2.05, 4.69) is 11.8 Å². The summed E-state index contributed by atoms with van der Waals surface area (Å²) in [5.41, 5.74) is 1.87. The molecule has 112 valence electrons. The molecule has 0 aromatic heterocycles. The second-order valence-corrected chi connectivity index (χ2v) is 5.30. The number of urea groups is 1. The van der Waals surface area contributed by atoms with Crippen LogP contribution in [0.3, 0.4) is 0 Å². The first kappa shape index (κ1) is 15.4. The summed E-state index contributed by atoms with van der Waals surface area (Å²) in [6.45, 7) is 2.09. The maximum atomic E-state index is 12.4. The maximum absolute atomic E-state index is 12.4. The molecule has 1 fully saturated rings. The highest BCUT2D eigenvalue weighted by Crippen LogP contribution is 2.14. The van der Waals surface area contributed by atoms with E-state index in [-0.39, 0.29) is 12.6 Å². The van der Waals surface area contributed by atoms with Crippen molar-refractivity contribution in [3.05, 3.63) is 35.4 Å². The molecule has 0 bridgehead atoms. The van der Waals surface area contributed by atoms with Gasteiger partial charge < -0.3 is 14.9 Å². The van der Waals surface area contributed by atoms with Gasteiger partial charge in [0.2, 0.25) is 0 Å². The van der Waals surface area contributed by atoms with Gasteiger partial charge in [-0.3, -0.25) is 0 Å². The molecule has 21 heavy (non-hydrogen) atoms. The van der Waals surface area contributed by atoms with Gasteiger partial charge in [0.1, 0.15) is 6.61 Å². The van der Waals surface area contributed by atoms with Crippen molar-refractivity contribution in [1.29, 1.82) is 0 Å². The standard InChI is InChI=1S/C17H22N2O2/c1-18(17(21)19-11-5-2-6-12-19)14-16-9-4-3-8-15(16)10-7-13-20/h3-4,8-9,20H,2,5-6,11-14H2,1H3. The van der Waals surface area contributed by atoms with Gasteiger partial charge in [-0.2, -0.15) is 0 Å². The van der Waals surface area contributed by atoms with E-state index in [9.17, 15) is 4.79 Å². The van der Waals surface area contributed by atoms with Crippen molar-refractivity contribution < 1.29 is 9.90 Å². The summed E-state index contributed by atoms with van der Waals surface area (Å²) >= 11 is 0. The average Bonchev–Trinajstić information content (AvgIpc) is 2.54. The Bertz CT molecular complexity index is 539. The number of hydrogen-bond acceptors (Lipinski definition) is 2. The van der Waals surface area contributed by atoms with Gasteiger partial charge in [-0.15, -0.1) is 0 Å². The highest BCUT2D eigenvalue weighted by Gasteiger charge is 2.20. The second-order valence-electron chi connectivity index (χ2n) is 5.30. The fourth-order valence-electron chi connectivity index (χ4n) is 2.56. The molecule has 4 nitrogen and oxygen atoms in total. The third-order valence-corrected chi connectivity index (χ3v) is 3.68. The molecule has 4 heteroatoms. The van der Waals surface area contributed by atoms with Crippen LogP contribution < -0.4 is 0 Å². The number of nitrogens with zero attached hydrogens (tertiary/aromatic N) is 2. The minimum Gasteiger partial charge on any atom is -0.384 e. The molecule has 1 aromatic carbocycles. The van der Waals surface area contributed by atoms with E-state index in [0.717, 1.165) is 37.1 Å². The summed E-state index contributed by atoms with van der Waals surface area (Å²) in [5.74, 6) is 5.60. The number of piperidine rings is 1. The van der Waals surface area contributed by atoms with Crippen LogP contribution in [0.15, 0.2) is 24.3 Å². The van der Waals surface area contributed by atoms with Crippen molar-refractivity contribution in [1.82, 2.24) is 9.80 Å². The molecule has 0 aliphatic carbocycles. The summed E-state index contributed by atoms with van der Waals surface area (Å²) in [5, 5.41) is 8.81. The van der Waals surface area contributed by atoms with E-state index in [1.807, 2.05) is 36.2 Å². The number of likely N-dealkylation sites (tertiary alicyclic amines) is 1. The third kappa shape index (κ3) is 4.24. The van der Waals surface area contributed by atoms with E-state index in [0.29, 0.717) is 6.54 Å². The molecule has 1 aliphatic heterocycles. The van der Waals surface area contributed by atoms with Gasteiger partial charge in [0.05, 0.1) is 0 Å². The lowest BCUT2D eigenvalue weighted by atomic mass is 10.1. The van der Waals surface area contributed by atoms with E-state index in [1.54, 1.807) is 4.90 Å². The van der Waals surface area contributed by atoms with E-state index < -0.39 is 0 Å². The van der Waals surface area contributed by atoms with Crippen LogP contribution in [0, 0.1) is 11.8 Å². The van der Waals surface area contributed by atoms with Gasteiger partial charge >= 0.3 is 6.03 Å². The van der Waals surface area contributed by atoms with E-state index >= 15 is 0 Å². The molecule has 0 atom stereocenters. The molecule has 2 amide bonds. The van der Waals surface area contributed by atoms with Crippen LogP contribution in [-0.2, 0) is 6.54 Å². The number of benzene rings is 1. The van der Waals surface area contributed by atoms with Crippen molar-refractivity contribution in [2.24, 2.45) is 0 Å². The second kappa shape index (κ2) is 7.70. The Balaban J connectivity index is 2.05. The summed E-state index contributed by atoms with van der Waals surface area (Å²) in [6.07, 6.45) is 3.41. The van der Waals surface area contributed by atoms with Crippen molar-refractivity contribution in [3.8, 4) is 11.8 Å². The molecule has 0 unspecified atom stereocenters. The van der Waals surface area contributed by atoms with Crippen molar-refractivity contribution in [2.45, 2.75) is 25.8 Å². The quantitative estimate of drug-likeness (QED) is 0.846. The number of amides is 2. The van der Waals surface area contributed by atoms with Gasteiger partial charge in [-0.25, -0.2) is 4.79 Å². The van der Waals surface area contributed by atoms with Gasteiger partial charge in [-0.05, 0) is 30.9 Å². The lowest BCUT2D eigenvalue weighted by Crippen LogP contribution is -2.43. The fraction of sp³-hybridized carbons (Fsp3) is 0.471. The van der Waals surface area contributed by atoms with Gasteiger partial charge in [-0.1, -0.05) is 30.0 Å². The molecular formula is C17H22N2O2. The number of aliphatic hydroxyl groups excluding tert-OH is 1. The number of rotatable bonds is 2. The predicted octanol–water partition coefficient (Wildman–Crippen LogP) is 2.07. The van der Waals surface area contributed by atoms with Crippen molar-refractivity contribution in [3.63, 3.8) is 0 Å². The first-order chi connectivity index (χ1) is 10.2. The predicted molar refractivity (Wildman–Crippen MR) is 82.7 cm³/mol. The Kier molecular flexibility index (Phi) is 5.65. The Hall–Kier alpha value is -1.99. The highest BCUT2D eigenvalue weighted by molar-refractivity contribution is 5.74. The van der Waals surface area contributed by atoms with E-state index in [1.165, 1.54) is 6.42 Å². The van der Waals surface area contributed by atoms with Crippen LogP contribution in [0.1, 0.15) is 30.4 Å². The average molecular weight is 286 g/mol. The first-order valence-electron chi connectivity index (χ1n) is 7.40. The summed E-state index contributed by atoms with van der Waals surface area (Å²) in [6, 6.07) is 7.83. The number of hydrogen-bond donors (Lipinski definition) is 1. The molecule has 0 spiro atoms. The topological polar surface area (TPSA) is 43.8 Å². The van der Waals surface area contributed by atoms with Crippen molar-refractivity contribution >= 4 is 6.03 Å². The summed E-state index contributed by atoms with van der Waals surface area (Å²) in [7, 11) is 1.83. The largest absolute Gasteiger partial charge is 0.384 e. The SMILES string of the molecule is CN(Cc1ccccc1C#CCO)C(=O)N1CCCCC1. The Morgan fingerprint density at radius 2 is 2.00 bits per heavy atom. The number of carbonyl (C=O) groups excluding carboxylic acids is 1. The van der Waals surface area contributed by atoms with Crippen LogP contribution in [0.4, 0.5) is 4.79 Å². The smallest absolute Gasteiger partial charge is 0.320 e. The minimum atomic E-state index is -0.156. The molecule has 1 aromatic rings.